The number of pyridine rings is 1. The SMILES string of the molecule is CCc1cncc(-c2ccc(=O)n(Cc3cccc(C(=O)Nc4[nH]c5ccccc5c4C)c3)n2)c1. The Morgan fingerprint density at radius 2 is 1.86 bits per heavy atom. The van der Waals surface area contributed by atoms with Gasteiger partial charge in [0.1, 0.15) is 5.82 Å². The van der Waals surface area contributed by atoms with E-state index in [4.69, 9.17) is 0 Å². The molecular formula is C28H25N5O2. The number of para-hydroxylation sites is 1. The number of nitrogens with one attached hydrogen (secondary N) is 2. The Bertz CT molecular complexity index is 1600. The van der Waals surface area contributed by atoms with Gasteiger partial charge in [0, 0.05) is 40.5 Å². The summed E-state index contributed by atoms with van der Waals surface area (Å²) < 4.78 is 1.41. The summed E-state index contributed by atoms with van der Waals surface area (Å²) in [5.41, 5.74) is 5.69. The van der Waals surface area contributed by atoms with Gasteiger partial charge in [-0.2, -0.15) is 5.10 Å². The monoisotopic (exact) mass is 463 g/mol. The van der Waals surface area contributed by atoms with Gasteiger partial charge in [0.05, 0.1) is 12.2 Å². The number of H-pyrrole nitrogens is 1. The maximum Gasteiger partial charge on any atom is 0.267 e. The first-order chi connectivity index (χ1) is 17.0. The maximum absolute atomic E-state index is 13.0. The van der Waals surface area contributed by atoms with Gasteiger partial charge in [-0.05, 0) is 60.4 Å². The number of hydrogen-bond acceptors (Lipinski definition) is 4. The van der Waals surface area contributed by atoms with Crippen molar-refractivity contribution in [2.45, 2.75) is 26.8 Å². The lowest BCUT2D eigenvalue weighted by molar-refractivity contribution is 0.102. The van der Waals surface area contributed by atoms with Crippen LogP contribution in [0.4, 0.5) is 5.82 Å². The fraction of sp³-hybridized carbons (Fsp3) is 0.143. The second-order valence-corrected chi connectivity index (χ2v) is 8.47. The number of rotatable bonds is 6. The summed E-state index contributed by atoms with van der Waals surface area (Å²) >= 11 is 0. The average Bonchev–Trinajstić information content (AvgIpc) is 3.20. The predicted octanol–water partition coefficient (Wildman–Crippen LogP) is 4.96. The maximum atomic E-state index is 13.0. The minimum absolute atomic E-state index is 0.211. The van der Waals surface area contributed by atoms with E-state index in [2.05, 4.69) is 27.3 Å². The number of aromatic nitrogens is 4. The van der Waals surface area contributed by atoms with Gasteiger partial charge in [-0.3, -0.25) is 14.6 Å². The molecule has 2 N–H and O–H groups in total. The summed E-state index contributed by atoms with van der Waals surface area (Å²) in [7, 11) is 0. The second-order valence-electron chi connectivity index (χ2n) is 8.47. The van der Waals surface area contributed by atoms with Crippen molar-refractivity contribution < 1.29 is 4.79 Å². The largest absolute Gasteiger partial charge is 0.341 e. The molecule has 35 heavy (non-hydrogen) atoms. The van der Waals surface area contributed by atoms with Crippen LogP contribution in [0.3, 0.4) is 0 Å². The molecule has 0 saturated heterocycles. The molecule has 0 bridgehead atoms. The topological polar surface area (TPSA) is 92.7 Å². The van der Waals surface area contributed by atoms with Gasteiger partial charge < -0.3 is 10.3 Å². The third-order valence-electron chi connectivity index (χ3n) is 6.09. The number of carbonyl (C=O) groups excluding carboxylic acids is 1. The third-order valence-corrected chi connectivity index (χ3v) is 6.09. The van der Waals surface area contributed by atoms with E-state index in [9.17, 15) is 9.59 Å². The van der Waals surface area contributed by atoms with E-state index in [1.807, 2.05) is 55.6 Å². The molecule has 174 valence electrons. The molecule has 3 heterocycles. The fourth-order valence-electron chi connectivity index (χ4n) is 4.11. The molecular weight excluding hydrogens is 438 g/mol. The number of amides is 1. The lowest BCUT2D eigenvalue weighted by Gasteiger charge is -2.10. The van der Waals surface area contributed by atoms with E-state index in [0.717, 1.165) is 39.6 Å². The highest BCUT2D eigenvalue weighted by Gasteiger charge is 2.13. The van der Waals surface area contributed by atoms with Crippen LogP contribution in [0.5, 0.6) is 0 Å². The molecule has 0 unspecified atom stereocenters. The number of anilines is 1. The summed E-state index contributed by atoms with van der Waals surface area (Å²) in [5, 5.41) is 8.60. The molecule has 2 aromatic carbocycles. The molecule has 0 fully saturated rings. The van der Waals surface area contributed by atoms with Crippen molar-refractivity contribution in [3.63, 3.8) is 0 Å². The van der Waals surface area contributed by atoms with Crippen LogP contribution < -0.4 is 10.9 Å². The van der Waals surface area contributed by atoms with Gasteiger partial charge in [-0.15, -0.1) is 0 Å². The molecule has 0 saturated carbocycles. The highest BCUT2D eigenvalue weighted by molar-refractivity contribution is 6.06. The second kappa shape index (κ2) is 9.38. The summed E-state index contributed by atoms with van der Waals surface area (Å²) in [6.45, 7) is 4.29. The smallest absolute Gasteiger partial charge is 0.267 e. The number of fused-ring (bicyclic) bond motifs is 1. The first-order valence-electron chi connectivity index (χ1n) is 11.5. The molecule has 5 aromatic rings. The molecule has 7 nitrogen and oxygen atoms in total. The van der Waals surface area contributed by atoms with Crippen molar-refractivity contribution >= 4 is 22.6 Å². The van der Waals surface area contributed by atoms with Crippen LogP contribution in [0.25, 0.3) is 22.2 Å². The third kappa shape index (κ3) is 4.61. The Morgan fingerprint density at radius 3 is 2.69 bits per heavy atom. The first kappa shape index (κ1) is 22.3. The summed E-state index contributed by atoms with van der Waals surface area (Å²) in [6.07, 6.45) is 4.44. The van der Waals surface area contributed by atoms with Gasteiger partial charge in [0.15, 0.2) is 0 Å². The molecule has 7 heteroatoms. The summed E-state index contributed by atoms with van der Waals surface area (Å²) in [5.74, 6) is 0.452. The normalized spacial score (nSPS) is 11.0. The van der Waals surface area contributed by atoms with Crippen LogP contribution in [-0.4, -0.2) is 25.7 Å². The van der Waals surface area contributed by atoms with E-state index in [0.29, 0.717) is 17.1 Å². The quantitative estimate of drug-likeness (QED) is 0.372. The molecule has 0 aliphatic carbocycles. The number of aromatic amines is 1. The van der Waals surface area contributed by atoms with Crippen LogP contribution in [0, 0.1) is 6.92 Å². The standard InChI is InChI=1S/C28H25N5O2/c1-3-19-13-22(16-29-15-19)24-11-12-26(34)33(32-24)17-20-7-6-8-21(14-20)28(35)31-27-18(2)23-9-4-5-10-25(23)30-27/h4-16,30H,3,17H2,1-2H3,(H,31,35). The Hall–Kier alpha value is -4.52. The van der Waals surface area contributed by atoms with E-state index in [-0.39, 0.29) is 18.0 Å². The van der Waals surface area contributed by atoms with E-state index >= 15 is 0 Å². The number of benzene rings is 2. The Balaban J connectivity index is 1.38. The Labute approximate surface area is 202 Å². The van der Waals surface area contributed by atoms with Crippen LogP contribution in [0.2, 0.25) is 0 Å². The van der Waals surface area contributed by atoms with Crippen molar-refractivity contribution in [2.75, 3.05) is 5.32 Å². The van der Waals surface area contributed by atoms with Crippen LogP contribution in [-0.2, 0) is 13.0 Å². The van der Waals surface area contributed by atoms with Gasteiger partial charge in [-0.25, -0.2) is 4.68 Å². The van der Waals surface area contributed by atoms with Crippen molar-refractivity contribution in [1.29, 1.82) is 0 Å². The molecule has 0 aliphatic rings. The van der Waals surface area contributed by atoms with Gasteiger partial charge in [0.25, 0.3) is 11.5 Å². The number of nitrogens with zero attached hydrogens (tertiary/aromatic N) is 3. The molecule has 1 amide bonds. The van der Waals surface area contributed by atoms with Crippen LogP contribution in [0.15, 0.2) is 83.9 Å². The summed E-state index contributed by atoms with van der Waals surface area (Å²) in [6, 6.07) is 20.4. The van der Waals surface area contributed by atoms with E-state index < -0.39 is 0 Å². The van der Waals surface area contributed by atoms with E-state index in [1.54, 1.807) is 24.4 Å². The number of hydrogen-bond donors (Lipinski definition) is 2. The van der Waals surface area contributed by atoms with Crippen LogP contribution in [0.1, 0.15) is 34.0 Å². The highest BCUT2D eigenvalue weighted by Crippen LogP contribution is 2.25. The Kier molecular flexibility index (Phi) is 5.97. The molecule has 0 radical (unpaired) electrons. The van der Waals surface area contributed by atoms with E-state index in [1.165, 1.54) is 10.7 Å². The average molecular weight is 464 g/mol. The number of carbonyl (C=O) groups is 1. The molecule has 5 rings (SSSR count). The zero-order chi connectivity index (χ0) is 24.4. The highest BCUT2D eigenvalue weighted by atomic mass is 16.1. The van der Waals surface area contributed by atoms with Crippen LogP contribution >= 0.6 is 0 Å². The molecule has 3 aromatic heterocycles. The molecule has 0 atom stereocenters. The fourth-order valence-corrected chi connectivity index (χ4v) is 4.11. The van der Waals surface area contributed by atoms with Gasteiger partial charge in [-0.1, -0.05) is 37.3 Å². The van der Waals surface area contributed by atoms with Gasteiger partial charge in [0.2, 0.25) is 0 Å². The van der Waals surface area contributed by atoms with Crippen molar-refractivity contribution in [3.05, 3.63) is 112 Å². The molecule has 0 aliphatic heterocycles. The van der Waals surface area contributed by atoms with Gasteiger partial charge >= 0.3 is 0 Å². The Morgan fingerprint density at radius 1 is 1.00 bits per heavy atom. The lowest BCUT2D eigenvalue weighted by atomic mass is 10.1. The predicted molar refractivity (Wildman–Crippen MR) is 138 cm³/mol. The first-order valence-corrected chi connectivity index (χ1v) is 11.5. The zero-order valence-corrected chi connectivity index (χ0v) is 19.6. The number of aryl methyl sites for hydroxylation is 2. The minimum atomic E-state index is -0.224. The van der Waals surface area contributed by atoms with Crippen molar-refractivity contribution in [2.24, 2.45) is 0 Å². The summed E-state index contributed by atoms with van der Waals surface area (Å²) in [4.78, 5) is 33.0. The zero-order valence-electron chi connectivity index (χ0n) is 19.6. The van der Waals surface area contributed by atoms with Crippen molar-refractivity contribution in [3.8, 4) is 11.3 Å². The molecule has 0 spiro atoms. The van der Waals surface area contributed by atoms with Crippen molar-refractivity contribution in [1.82, 2.24) is 19.7 Å². The minimum Gasteiger partial charge on any atom is -0.341 e. The lowest BCUT2D eigenvalue weighted by Crippen LogP contribution is -2.23.